The number of benzene rings is 1. The molecule has 1 fully saturated rings. The second-order valence-corrected chi connectivity index (χ2v) is 7.50. The first-order chi connectivity index (χ1) is 12.5. The van der Waals surface area contributed by atoms with E-state index in [9.17, 15) is 9.90 Å². The normalized spacial score (nSPS) is 24.3. The highest BCUT2D eigenvalue weighted by Crippen LogP contribution is 2.33. The molecule has 2 aliphatic carbocycles. The van der Waals surface area contributed by atoms with Crippen LogP contribution in [0.5, 0.6) is 5.75 Å². The first-order valence-corrected chi connectivity index (χ1v) is 9.50. The minimum absolute atomic E-state index is 0.0554. The molecular formula is C22H28O4. The number of hydrogen-bond donors (Lipinski definition) is 1. The molecular weight excluding hydrogens is 328 g/mol. The number of aryl methyl sites for hydroxylation is 1. The van der Waals surface area contributed by atoms with Gasteiger partial charge in [0, 0.05) is 12.3 Å². The molecule has 1 unspecified atom stereocenters. The summed E-state index contributed by atoms with van der Waals surface area (Å²) in [6.45, 7) is 4.10. The van der Waals surface area contributed by atoms with Crippen molar-refractivity contribution in [3.8, 4) is 5.75 Å². The fourth-order valence-electron chi connectivity index (χ4n) is 3.51. The summed E-state index contributed by atoms with van der Waals surface area (Å²) in [6.07, 6.45) is 7.85. The van der Waals surface area contributed by atoms with Crippen molar-refractivity contribution in [2.45, 2.75) is 58.7 Å². The Kier molecular flexibility index (Phi) is 6.15. The van der Waals surface area contributed by atoms with Gasteiger partial charge in [-0.1, -0.05) is 29.3 Å². The number of carbonyl (C=O) groups excluding carboxylic acids is 1. The maximum atomic E-state index is 12.4. The SMILES string of the molecule is CC1=CC=C(OC(=O)C2CCC(C(O)Oc3ccc(C)cc3)CC2)CC1. The average molecular weight is 356 g/mol. The van der Waals surface area contributed by atoms with Crippen LogP contribution in [-0.4, -0.2) is 17.4 Å². The molecule has 1 saturated carbocycles. The highest BCUT2D eigenvalue weighted by atomic mass is 16.6. The molecule has 1 N–H and O–H groups in total. The first-order valence-electron chi connectivity index (χ1n) is 9.50. The number of carbonyl (C=O) groups is 1. The van der Waals surface area contributed by atoms with Crippen molar-refractivity contribution >= 4 is 5.97 Å². The lowest BCUT2D eigenvalue weighted by molar-refractivity contribution is -0.147. The largest absolute Gasteiger partial charge is 0.465 e. The van der Waals surface area contributed by atoms with Crippen LogP contribution >= 0.6 is 0 Å². The fourth-order valence-corrected chi connectivity index (χ4v) is 3.51. The average Bonchev–Trinajstić information content (AvgIpc) is 2.65. The quantitative estimate of drug-likeness (QED) is 0.615. The van der Waals surface area contributed by atoms with Crippen LogP contribution < -0.4 is 4.74 Å². The van der Waals surface area contributed by atoms with Crippen LogP contribution in [0.25, 0.3) is 0 Å². The van der Waals surface area contributed by atoms with Gasteiger partial charge in [-0.25, -0.2) is 0 Å². The standard InChI is InChI=1S/C22H28O4/c1-15-3-11-19(12-4-15)25-21(23)17-7-9-18(10-8-17)22(24)26-20-13-5-16(2)6-14-20/h3-5,11-13,17-18,21,23H,6-10,14H2,1-2H3. The molecule has 1 aromatic rings. The Labute approximate surface area is 155 Å². The molecule has 0 spiro atoms. The summed E-state index contributed by atoms with van der Waals surface area (Å²) in [4.78, 5) is 12.4. The van der Waals surface area contributed by atoms with E-state index in [1.807, 2.05) is 43.3 Å². The zero-order chi connectivity index (χ0) is 18.5. The molecule has 0 aliphatic heterocycles. The van der Waals surface area contributed by atoms with Crippen molar-refractivity contribution in [1.82, 2.24) is 0 Å². The van der Waals surface area contributed by atoms with E-state index in [0.717, 1.165) is 49.8 Å². The Hall–Kier alpha value is -2.07. The van der Waals surface area contributed by atoms with E-state index in [1.54, 1.807) is 0 Å². The minimum atomic E-state index is -0.830. The molecule has 3 rings (SSSR count). The number of ether oxygens (including phenoxy) is 2. The Balaban J connectivity index is 1.46. The van der Waals surface area contributed by atoms with Crippen LogP contribution in [0.1, 0.15) is 51.0 Å². The minimum Gasteiger partial charge on any atom is -0.465 e. The third kappa shape index (κ3) is 4.98. The molecule has 0 bridgehead atoms. The lowest BCUT2D eigenvalue weighted by atomic mass is 9.81. The zero-order valence-electron chi connectivity index (χ0n) is 15.6. The fraction of sp³-hybridized carbons (Fsp3) is 0.500. The van der Waals surface area contributed by atoms with Crippen molar-refractivity contribution in [2.75, 3.05) is 0 Å². The molecule has 1 aromatic carbocycles. The Morgan fingerprint density at radius 1 is 1.04 bits per heavy atom. The van der Waals surface area contributed by atoms with E-state index in [0.29, 0.717) is 5.75 Å². The van der Waals surface area contributed by atoms with Gasteiger partial charge in [0.1, 0.15) is 11.5 Å². The van der Waals surface area contributed by atoms with Gasteiger partial charge in [0.05, 0.1) is 5.92 Å². The van der Waals surface area contributed by atoms with E-state index in [-0.39, 0.29) is 17.8 Å². The van der Waals surface area contributed by atoms with Crippen LogP contribution in [0.4, 0.5) is 0 Å². The van der Waals surface area contributed by atoms with Crippen molar-refractivity contribution < 1.29 is 19.4 Å². The van der Waals surface area contributed by atoms with E-state index >= 15 is 0 Å². The summed E-state index contributed by atoms with van der Waals surface area (Å²) >= 11 is 0. The highest BCUT2D eigenvalue weighted by molar-refractivity contribution is 5.73. The molecule has 0 radical (unpaired) electrons. The molecule has 0 saturated heterocycles. The molecule has 0 amide bonds. The van der Waals surface area contributed by atoms with Crippen molar-refractivity contribution in [3.05, 3.63) is 53.3 Å². The van der Waals surface area contributed by atoms with Gasteiger partial charge in [0.25, 0.3) is 0 Å². The van der Waals surface area contributed by atoms with Crippen LogP contribution in [0.3, 0.4) is 0 Å². The lowest BCUT2D eigenvalue weighted by Crippen LogP contribution is -2.32. The number of aliphatic hydroxyl groups is 1. The Bertz CT molecular complexity index is 679. The van der Waals surface area contributed by atoms with E-state index < -0.39 is 6.29 Å². The maximum Gasteiger partial charge on any atom is 0.314 e. The topological polar surface area (TPSA) is 55.8 Å². The van der Waals surface area contributed by atoms with Gasteiger partial charge < -0.3 is 14.6 Å². The predicted molar refractivity (Wildman–Crippen MR) is 100 cm³/mol. The third-order valence-electron chi connectivity index (χ3n) is 5.34. The summed E-state index contributed by atoms with van der Waals surface area (Å²) in [5, 5.41) is 10.4. The van der Waals surface area contributed by atoms with Crippen molar-refractivity contribution in [2.24, 2.45) is 11.8 Å². The summed E-state index contributed by atoms with van der Waals surface area (Å²) in [5.41, 5.74) is 2.47. The molecule has 0 aromatic heterocycles. The van der Waals surface area contributed by atoms with Crippen molar-refractivity contribution in [1.29, 1.82) is 0 Å². The molecule has 26 heavy (non-hydrogen) atoms. The molecule has 1 atom stereocenters. The van der Waals surface area contributed by atoms with E-state index in [4.69, 9.17) is 9.47 Å². The van der Waals surface area contributed by atoms with Gasteiger partial charge >= 0.3 is 5.97 Å². The smallest absolute Gasteiger partial charge is 0.314 e. The number of hydrogen-bond acceptors (Lipinski definition) is 4. The summed E-state index contributed by atoms with van der Waals surface area (Å²) in [5.74, 6) is 1.30. The van der Waals surface area contributed by atoms with E-state index in [1.165, 1.54) is 5.57 Å². The summed E-state index contributed by atoms with van der Waals surface area (Å²) in [6, 6.07) is 7.67. The van der Waals surface area contributed by atoms with Gasteiger partial charge in [-0.2, -0.15) is 0 Å². The third-order valence-corrected chi connectivity index (χ3v) is 5.34. The van der Waals surface area contributed by atoms with Gasteiger partial charge in [-0.3, -0.25) is 4.79 Å². The van der Waals surface area contributed by atoms with Gasteiger partial charge in [-0.15, -0.1) is 0 Å². The highest BCUT2D eigenvalue weighted by Gasteiger charge is 2.32. The van der Waals surface area contributed by atoms with Gasteiger partial charge in [0.2, 0.25) is 0 Å². The Morgan fingerprint density at radius 3 is 2.35 bits per heavy atom. The molecule has 2 aliphatic rings. The lowest BCUT2D eigenvalue weighted by Gasteiger charge is -2.30. The Morgan fingerprint density at radius 2 is 1.73 bits per heavy atom. The van der Waals surface area contributed by atoms with Gasteiger partial charge in [0.15, 0.2) is 6.29 Å². The van der Waals surface area contributed by atoms with Crippen LogP contribution in [0.15, 0.2) is 47.7 Å². The van der Waals surface area contributed by atoms with E-state index in [2.05, 4.69) is 6.92 Å². The van der Waals surface area contributed by atoms with Crippen LogP contribution in [-0.2, 0) is 9.53 Å². The molecule has 140 valence electrons. The second kappa shape index (κ2) is 8.54. The monoisotopic (exact) mass is 356 g/mol. The maximum absolute atomic E-state index is 12.4. The van der Waals surface area contributed by atoms with Crippen molar-refractivity contribution in [3.63, 3.8) is 0 Å². The molecule has 0 heterocycles. The van der Waals surface area contributed by atoms with Crippen LogP contribution in [0, 0.1) is 18.8 Å². The first kappa shape index (κ1) is 18.7. The van der Waals surface area contributed by atoms with Crippen LogP contribution in [0.2, 0.25) is 0 Å². The summed E-state index contributed by atoms with van der Waals surface area (Å²) in [7, 11) is 0. The second-order valence-electron chi connectivity index (χ2n) is 7.50. The molecule has 4 heteroatoms. The predicted octanol–water partition coefficient (Wildman–Crippen LogP) is 4.67. The zero-order valence-corrected chi connectivity index (χ0v) is 15.6. The number of aliphatic hydroxyl groups excluding tert-OH is 1. The number of rotatable bonds is 5. The number of allylic oxidation sites excluding steroid dienone is 4. The van der Waals surface area contributed by atoms with Gasteiger partial charge in [-0.05, 0) is 64.2 Å². The summed E-state index contributed by atoms with van der Waals surface area (Å²) < 4.78 is 11.2. The number of esters is 1. The molecule has 4 nitrogen and oxygen atoms in total.